The number of methoxy groups -OCH3 is 1. The fourth-order valence-corrected chi connectivity index (χ4v) is 2.09. The van der Waals surface area contributed by atoms with Crippen LogP contribution in [-0.4, -0.2) is 26.0 Å². The molecule has 0 aromatic heterocycles. The van der Waals surface area contributed by atoms with Crippen molar-refractivity contribution in [3.05, 3.63) is 24.3 Å². The zero-order valence-electron chi connectivity index (χ0n) is 9.45. The molecule has 15 heavy (non-hydrogen) atoms. The van der Waals surface area contributed by atoms with Gasteiger partial charge < -0.3 is 10.1 Å². The highest BCUT2D eigenvalue weighted by molar-refractivity contribution is 7.99. The van der Waals surface area contributed by atoms with E-state index in [-0.39, 0.29) is 0 Å². The average molecular weight is 225 g/mol. The van der Waals surface area contributed by atoms with E-state index >= 15 is 0 Å². The van der Waals surface area contributed by atoms with Gasteiger partial charge in [-0.05, 0) is 49.5 Å². The Morgan fingerprint density at radius 3 is 2.60 bits per heavy atom. The number of hydrogen-bond donors (Lipinski definition) is 1. The molecule has 2 nitrogen and oxygen atoms in total. The van der Waals surface area contributed by atoms with Crippen molar-refractivity contribution in [1.29, 1.82) is 0 Å². The molecule has 0 fully saturated rings. The summed E-state index contributed by atoms with van der Waals surface area (Å²) >= 11 is 1.89. The second-order valence-corrected chi connectivity index (χ2v) is 4.40. The summed E-state index contributed by atoms with van der Waals surface area (Å²) in [5, 5.41) is 3.32. The van der Waals surface area contributed by atoms with Gasteiger partial charge in [0.2, 0.25) is 0 Å². The van der Waals surface area contributed by atoms with Gasteiger partial charge in [-0.1, -0.05) is 6.92 Å². The Morgan fingerprint density at radius 2 is 2.00 bits per heavy atom. The van der Waals surface area contributed by atoms with Crippen LogP contribution >= 0.6 is 11.8 Å². The zero-order valence-corrected chi connectivity index (χ0v) is 10.3. The largest absolute Gasteiger partial charge is 0.497 e. The first kappa shape index (κ1) is 12.4. The maximum Gasteiger partial charge on any atom is 0.118 e. The number of ether oxygens (including phenoxy) is 1. The summed E-state index contributed by atoms with van der Waals surface area (Å²) in [5.74, 6) is 2.09. The maximum atomic E-state index is 5.11. The van der Waals surface area contributed by atoms with Crippen LogP contribution in [0.25, 0.3) is 0 Å². The predicted molar refractivity (Wildman–Crippen MR) is 66.9 cm³/mol. The van der Waals surface area contributed by atoms with Crippen molar-refractivity contribution in [3.8, 4) is 5.75 Å². The van der Waals surface area contributed by atoms with Crippen molar-refractivity contribution in [2.75, 3.05) is 26.0 Å². The molecule has 0 bridgehead atoms. The summed E-state index contributed by atoms with van der Waals surface area (Å²) in [4.78, 5) is 1.31. The number of benzene rings is 1. The Hall–Kier alpha value is -0.670. The van der Waals surface area contributed by atoms with Crippen molar-refractivity contribution in [2.45, 2.75) is 18.2 Å². The van der Waals surface area contributed by atoms with Gasteiger partial charge in [0.15, 0.2) is 0 Å². The zero-order chi connectivity index (χ0) is 10.9. The van der Waals surface area contributed by atoms with E-state index in [0.717, 1.165) is 18.8 Å². The first-order valence-electron chi connectivity index (χ1n) is 5.34. The molecule has 1 rings (SSSR count). The van der Waals surface area contributed by atoms with Crippen LogP contribution in [0.2, 0.25) is 0 Å². The molecule has 84 valence electrons. The normalized spacial score (nSPS) is 10.3. The number of nitrogens with one attached hydrogen (secondary N) is 1. The molecular weight excluding hydrogens is 206 g/mol. The Balaban J connectivity index is 2.20. The average Bonchev–Trinajstić information content (AvgIpc) is 2.30. The third kappa shape index (κ3) is 5.09. The number of rotatable bonds is 7. The minimum atomic E-state index is 0.923. The van der Waals surface area contributed by atoms with Crippen molar-refractivity contribution >= 4 is 11.8 Å². The molecule has 1 N–H and O–H groups in total. The van der Waals surface area contributed by atoms with Crippen LogP contribution in [0.3, 0.4) is 0 Å². The monoisotopic (exact) mass is 225 g/mol. The molecule has 0 aliphatic rings. The molecule has 0 saturated carbocycles. The lowest BCUT2D eigenvalue weighted by Crippen LogP contribution is -2.14. The van der Waals surface area contributed by atoms with Crippen molar-refractivity contribution in [3.63, 3.8) is 0 Å². The van der Waals surface area contributed by atoms with Gasteiger partial charge in [0.05, 0.1) is 7.11 Å². The summed E-state index contributed by atoms with van der Waals surface area (Å²) in [6, 6.07) is 8.23. The maximum absolute atomic E-state index is 5.11. The topological polar surface area (TPSA) is 21.3 Å². The molecule has 3 heteroatoms. The van der Waals surface area contributed by atoms with E-state index in [2.05, 4.69) is 24.4 Å². The van der Waals surface area contributed by atoms with Gasteiger partial charge in [-0.25, -0.2) is 0 Å². The van der Waals surface area contributed by atoms with Crippen LogP contribution in [0.15, 0.2) is 29.2 Å². The smallest absolute Gasteiger partial charge is 0.118 e. The summed E-state index contributed by atoms with van der Waals surface area (Å²) in [5.41, 5.74) is 0. The van der Waals surface area contributed by atoms with Gasteiger partial charge in [0.25, 0.3) is 0 Å². The first-order valence-corrected chi connectivity index (χ1v) is 6.33. The number of hydrogen-bond acceptors (Lipinski definition) is 3. The summed E-state index contributed by atoms with van der Waals surface area (Å²) in [6.07, 6.45) is 1.21. The lowest BCUT2D eigenvalue weighted by atomic mass is 10.3. The molecule has 0 unspecified atom stereocenters. The Kier molecular flexibility index (Phi) is 6.28. The Bertz CT molecular complexity index is 261. The van der Waals surface area contributed by atoms with Crippen molar-refractivity contribution in [2.24, 2.45) is 0 Å². The Labute approximate surface area is 96.4 Å². The molecule has 0 atom stereocenters. The minimum absolute atomic E-state index is 0.923. The van der Waals surface area contributed by atoms with Crippen LogP contribution in [0, 0.1) is 0 Å². The molecule has 0 saturated heterocycles. The molecule has 0 heterocycles. The van der Waals surface area contributed by atoms with Crippen LogP contribution in [0.5, 0.6) is 5.75 Å². The van der Waals surface area contributed by atoms with E-state index in [1.165, 1.54) is 17.1 Å². The highest BCUT2D eigenvalue weighted by Gasteiger charge is 1.95. The van der Waals surface area contributed by atoms with Gasteiger partial charge in [-0.3, -0.25) is 0 Å². The standard InChI is InChI=1S/C12H19NOS/c1-3-13-9-4-10-15-12-7-5-11(14-2)6-8-12/h5-8,13H,3-4,9-10H2,1-2H3. The lowest BCUT2D eigenvalue weighted by Gasteiger charge is -2.03. The summed E-state index contributed by atoms with van der Waals surface area (Å²) in [6.45, 7) is 4.31. The van der Waals surface area contributed by atoms with Crippen LogP contribution in [-0.2, 0) is 0 Å². The molecule has 0 aliphatic carbocycles. The van der Waals surface area contributed by atoms with Gasteiger partial charge in [-0.2, -0.15) is 0 Å². The van der Waals surface area contributed by atoms with Gasteiger partial charge in [0.1, 0.15) is 5.75 Å². The summed E-state index contributed by atoms with van der Waals surface area (Å²) in [7, 11) is 1.69. The van der Waals surface area contributed by atoms with Gasteiger partial charge in [0, 0.05) is 4.90 Å². The molecule has 0 amide bonds. The lowest BCUT2D eigenvalue weighted by molar-refractivity contribution is 0.414. The summed E-state index contributed by atoms with van der Waals surface area (Å²) < 4.78 is 5.11. The molecule has 1 aromatic carbocycles. The molecule has 0 spiro atoms. The second kappa shape index (κ2) is 7.60. The molecule has 0 aliphatic heterocycles. The SMILES string of the molecule is CCNCCCSc1ccc(OC)cc1. The van der Waals surface area contributed by atoms with E-state index in [1.807, 2.05) is 23.9 Å². The Morgan fingerprint density at radius 1 is 1.27 bits per heavy atom. The van der Waals surface area contributed by atoms with E-state index in [1.54, 1.807) is 7.11 Å². The van der Waals surface area contributed by atoms with E-state index in [9.17, 15) is 0 Å². The fraction of sp³-hybridized carbons (Fsp3) is 0.500. The van der Waals surface area contributed by atoms with Crippen LogP contribution in [0.4, 0.5) is 0 Å². The molecular formula is C12H19NOS. The van der Waals surface area contributed by atoms with Crippen LogP contribution in [0.1, 0.15) is 13.3 Å². The third-order valence-electron chi connectivity index (χ3n) is 2.08. The van der Waals surface area contributed by atoms with E-state index in [0.29, 0.717) is 0 Å². The minimum Gasteiger partial charge on any atom is -0.497 e. The molecule has 1 aromatic rings. The quantitative estimate of drug-likeness (QED) is 0.569. The third-order valence-corrected chi connectivity index (χ3v) is 3.17. The van der Waals surface area contributed by atoms with Crippen molar-refractivity contribution < 1.29 is 4.74 Å². The van der Waals surface area contributed by atoms with E-state index in [4.69, 9.17) is 4.74 Å². The first-order chi connectivity index (χ1) is 7.36. The van der Waals surface area contributed by atoms with Crippen molar-refractivity contribution in [1.82, 2.24) is 5.32 Å². The highest BCUT2D eigenvalue weighted by atomic mass is 32.2. The highest BCUT2D eigenvalue weighted by Crippen LogP contribution is 2.21. The van der Waals surface area contributed by atoms with E-state index < -0.39 is 0 Å². The predicted octanol–water partition coefficient (Wildman–Crippen LogP) is 2.79. The second-order valence-electron chi connectivity index (χ2n) is 3.23. The fourth-order valence-electron chi connectivity index (χ4n) is 1.24. The molecule has 0 radical (unpaired) electrons. The van der Waals surface area contributed by atoms with Gasteiger partial charge >= 0.3 is 0 Å². The van der Waals surface area contributed by atoms with Crippen LogP contribution < -0.4 is 10.1 Å². The van der Waals surface area contributed by atoms with Gasteiger partial charge in [-0.15, -0.1) is 11.8 Å². The number of thioether (sulfide) groups is 1.